The van der Waals surface area contributed by atoms with Crippen molar-refractivity contribution in [3.05, 3.63) is 46.3 Å². The van der Waals surface area contributed by atoms with Crippen LogP contribution in [0.3, 0.4) is 0 Å². The van der Waals surface area contributed by atoms with E-state index in [9.17, 15) is 13.2 Å². The molecule has 0 atom stereocenters. The number of carbonyl (C=O) groups excluding carboxylic acids is 1. The lowest BCUT2D eigenvalue weighted by Gasteiger charge is -2.16. The molecule has 1 aromatic carbocycles. The van der Waals surface area contributed by atoms with Gasteiger partial charge in [0.15, 0.2) is 0 Å². The molecular weight excluding hydrogens is 356 g/mol. The number of thiophene rings is 1. The Morgan fingerprint density at radius 2 is 1.96 bits per heavy atom. The highest BCUT2D eigenvalue weighted by Gasteiger charge is 2.24. The fourth-order valence-electron chi connectivity index (χ4n) is 2.02. The minimum Gasteiger partial charge on any atom is -0.325 e. The number of halogens is 1. The maximum Gasteiger partial charge on any atom is 0.252 e. The minimum absolute atomic E-state index is 0.117. The van der Waals surface area contributed by atoms with Crippen molar-refractivity contribution in [1.29, 1.82) is 0 Å². The van der Waals surface area contributed by atoms with Gasteiger partial charge >= 0.3 is 0 Å². The lowest BCUT2D eigenvalue weighted by atomic mass is 10.1. The molecule has 0 fully saturated rings. The van der Waals surface area contributed by atoms with E-state index in [0.717, 1.165) is 27.6 Å². The molecule has 0 aliphatic rings. The molecule has 0 unspecified atom stereocenters. The van der Waals surface area contributed by atoms with E-state index in [4.69, 9.17) is 11.6 Å². The number of benzene rings is 1. The van der Waals surface area contributed by atoms with Crippen molar-refractivity contribution in [2.24, 2.45) is 0 Å². The van der Waals surface area contributed by atoms with Crippen molar-refractivity contribution in [2.75, 3.05) is 18.9 Å². The number of rotatable bonds is 6. The van der Waals surface area contributed by atoms with Gasteiger partial charge in [-0.1, -0.05) is 36.7 Å². The van der Waals surface area contributed by atoms with E-state index in [1.807, 2.05) is 25.1 Å². The van der Waals surface area contributed by atoms with Crippen molar-refractivity contribution in [2.45, 2.75) is 17.6 Å². The normalized spacial score (nSPS) is 11.7. The second-order valence-corrected chi connectivity index (χ2v) is 8.87. The number of hydrogen-bond acceptors (Lipinski definition) is 4. The molecule has 8 heteroatoms. The molecular formula is C15H17ClN2O3S2. The zero-order valence-corrected chi connectivity index (χ0v) is 15.1. The molecule has 0 aliphatic carbocycles. The first kappa shape index (κ1) is 17.9. The number of nitrogens with zero attached hydrogens (tertiary/aromatic N) is 1. The van der Waals surface area contributed by atoms with Crippen LogP contribution in [0.1, 0.15) is 12.5 Å². The van der Waals surface area contributed by atoms with Crippen LogP contribution in [0.4, 0.5) is 5.69 Å². The number of anilines is 1. The van der Waals surface area contributed by atoms with Gasteiger partial charge in [-0.25, -0.2) is 8.42 Å². The van der Waals surface area contributed by atoms with E-state index in [0.29, 0.717) is 10.0 Å². The second kappa shape index (κ2) is 7.44. The summed E-state index contributed by atoms with van der Waals surface area (Å²) in [6.07, 6.45) is 0.776. The van der Waals surface area contributed by atoms with Crippen molar-refractivity contribution < 1.29 is 13.2 Å². The molecule has 124 valence electrons. The quantitative estimate of drug-likeness (QED) is 0.846. The Morgan fingerprint density at radius 3 is 2.57 bits per heavy atom. The first-order valence-corrected chi connectivity index (χ1v) is 9.57. The van der Waals surface area contributed by atoms with Gasteiger partial charge in [-0.3, -0.25) is 4.79 Å². The van der Waals surface area contributed by atoms with Crippen molar-refractivity contribution >= 4 is 44.6 Å². The molecule has 0 aliphatic heterocycles. The standard InChI is InChI=1S/C15H17ClN2O3S2/c1-3-11-6-4-5-7-12(11)17-14(19)10-18(2)23(20,21)15-9-8-13(16)22-15/h4-9H,3,10H2,1-2H3,(H,17,19). The van der Waals surface area contributed by atoms with E-state index in [-0.39, 0.29) is 16.7 Å². The summed E-state index contributed by atoms with van der Waals surface area (Å²) in [4.78, 5) is 12.1. The molecule has 1 aromatic heterocycles. The number of sulfonamides is 1. The molecule has 1 N–H and O–H groups in total. The summed E-state index contributed by atoms with van der Waals surface area (Å²) < 4.78 is 26.2. The van der Waals surface area contributed by atoms with Crippen LogP contribution >= 0.6 is 22.9 Å². The van der Waals surface area contributed by atoms with Gasteiger partial charge in [-0.15, -0.1) is 11.3 Å². The molecule has 0 radical (unpaired) electrons. The van der Waals surface area contributed by atoms with Gasteiger partial charge in [0.2, 0.25) is 5.91 Å². The van der Waals surface area contributed by atoms with Crippen LogP contribution in [-0.2, 0) is 21.2 Å². The van der Waals surface area contributed by atoms with E-state index in [1.165, 1.54) is 19.2 Å². The lowest BCUT2D eigenvalue weighted by Crippen LogP contribution is -2.34. The Bertz CT molecular complexity index is 803. The van der Waals surface area contributed by atoms with Crippen molar-refractivity contribution in [3.8, 4) is 0 Å². The van der Waals surface area contributed by atoms with Crippen LogP contribution in [0.15, 0.2) is 40.6 Å². The number of para-hydroxylation sites is 1. The molecule has 2 aromatic rings. The van der Waals surface area contributed by atoms with E-state index < -0.39 is 10.0 Å². The minimum atomic E-state index is -3.71. The third-order valence-electron chi connectivity index (χ3n) is 3.25. The Morgan fingerprint density at radius 1 is 1.26 bits per heavy atom. The zero-order valence-electron chi connectivity index (χ0n) is 12.7. The number of nitrogens with one attached hydrogen (secondary N) is 1. The molecule has 0 saturated heterocycles. The monoisotopic (exact) mass is 372 g/mol. The molecule has 2 rings (SSSR count). The summed E-state index contributed by atoms with van der Waals surface area (Å²) in [7, 11) is -2.35. The summed E-state index contributed by atoms with van der Waals surface area (Å²) in [6, 6.07) is 10.4. The number of aryl methyl sites for hydroxylation is 1. The Hall–Kier alpha value is -1.41. The van der Waals surface area contributed by atoms with Crippen LogP contribution in [0.25, 0.3) is 0 Å². The Balaban J connectivity index is 2.08. The SMILES string of the molecule is CCc1ccccc1NC(=O)CN(C)S(=O)(=O)c1ccc(Cl)s1. The molecule has 1 heterocycles. The summed E-state index contributed by atoms with van der Waals surface area (Å²) >= 11 is 6.74. The summed E-state index contributed by atoms with van der Waals surface area (Å²) in [5, 5.41) is 2.75. The smallest absolute Gasteiger partial charge is 0.252 e. The van der Waals surface area contributed by atoms with Crippen LogP contribution in [0.5, 0.6) is 0 Å². The van der Waals surface area contributed by atoms with Gasteiger partial charge in [0.25, 0.3) is 10.0 Å². The maximum atomic E-state index is 12.4. The van der Waals surface area contributed by atoms with Crippen LogP contribution in [0, 0.1) is 0 Å². The highest BCUT2D eigenvalue weighted by molar-refractivity contribution is 7.91. The average molecular weight is 373 g/mol. The van der Waals surface area contributed by atoms with E-state index in [2.05, 4.69) is 5.32 Å². The van der Waals surface area contributed by atoms with Crippen LogP contribution in [-0.4, -0.2) is 32.2 Å². The molecule has 0 saturated carbocycles. The van der Waals surface area contributed by atoms with Gasteiger partial charge in [-0.2, -0.15) is 4.31 Å². The lowest BCUT2D eigenvalue weighted by molar-refractivity contribution is -0.116. The number of amides is 1. The van der Waals surface area contributed by atoms with Crippen LogP contribution < -0.4 is 5.32 Å². The first-order valence-electron chi connectivity index (χ1n) is 6.94. The third kappa shape index (κ3) is 4.32. The molecule has 1 amide bonds. The number of carbonyl (C=O) groups is 1. The zero-order chi connectivity index (χ0) is 17.0. The highest BCUT2D eigenvalue weighted by Crippen LogP contribution is 2.27. The fraction of sp³-hybridized carbons (Fsp3) is 0.267. The highest BCUT2D eigenvalue weighted by atomic mass is 35.5. The maximum absolute atomic E-state index is 12.4. The van der Waals surface area contributed by atoms with Crippen LogP contribution in [0.2, 0.25) is 4.34 Å². The predicted octanol–water partition coefficient (Wildman–Crippen LogP) is 3.22. The van der Waals surface area contributed by atoms with Gasteiger partial charge in [0.1, 0.15) is 4.21 Å². The number of likely N-dealkylation sites (N-methyl/N-ethyl adjacent to an activating group) is 1. The van der Waals surface area contributed by atoms with E-state index in [1.54, 1.807) is 6.07 Å². The van der Waals surface area contributed by atoms with Gasteiger partial charge in [0.05, 0.1) is 10.9 Å². The summed E-state index contributed by atoms with van der Waals surface area (Å²) in [5.74, 6) is -0.389. The van der Waals surface area contributed by atoms with E-state index >= 15 is 0 Å². The third-order valence-corrected chi connectivity index (χ3v) is 6.75. The van der Waals surface area contributed by atoms with Gasteiger partial charge < -0.3 is 5.32 Å². The molecule has 0 spiro atoms. The molecule has 0 bridgehead atoms. The molecule has 5 nitrogen and oxygen atoms in total. The summed E-state index contributed by atoms with van der Waals surface area (Å²) in [6.45, 7) is 1.72. The first-order chi connectivity index (χ1) is 10.8. The van der Waals surface area contributed by atoms with Crippen molar-refractivity contribution in [3.63, 3.8) is 0 Å². The topological polar surface area (TPSA) is 66.5 Å². The number of hydrogen-bond donors (Lipinski definition) is 1. The van der Waals surface area contributed by atoms with Crippen molar-refractivity contribution in [1.82, 2.24) is 4.31 Å². The molecule has 23 heavy (non-hydrogen) atoms. The van der Waals surface area contributed by atoms with Gasteiger partial charge in [0, 0.05) is 12.7 Å². The summed E-state index contributed by atoms with van der Waals surface area (Å²) in [5.41, 5.74) is 1.70. The predicted molar refractivity (Wildman–Crippen MR) is 93.6 cm³/mol. The largest absolute Gasteiger partial charge is 0.325 e. The second-order valence-electron chi connectivity index (χ2n) is 4.88. The average Bonchev–Trinajstić information content (AvgIpc) is 2.95. The Labute approximate surface area is 144 Å². The fourth-order valence-corrected chi connectivity index (χ4v) is 4.84. The van der Waals surface area contributed by atoms with Gasteiger partial charge in [-0.05, 0) is 30.2 Å². The Kier molecular flexibility index (Phi) is 5.80.